The van der Waals surface area contributed by atoms with Crippen LogP contribution in [0.4, 0.5) is 0 Å². The van der Waals surface area contributed by atoms with Crippen LogP contribution in [0.3, 0.4) is 0 Å². The van der Waals surface area contributed by atoms with Crippen molar-refractivity contribution in [1.29, 1.82) is 0 Å². The van der Waals surface area contributed by atoms with Crippen molar-refractivity contribution in [2.75, 3.05) is 12.3 Å². The lowest BCUT2D eigenvalue weighted by atomic mass is 9.87. The van der Waals surface area contributed by atoms with Gasteiger partial charge in [-0.05, 0) is 23.0 Å². The van der Waals surface area contributed by atoms with Crippen molar-refractivity contribution in [3.8, 4) is 11.4 Å². The molecule has 1 fully saturated rings. The molecule has 0 radical (unpaired) electrons. The number of hydrogen-bond donors (Lipinski definition) is 0. The first-order chi connectivity index (χ1) is 15.3. The Morgan fingerprint density at radius 2 is 1.75 bits per heavy atom. The van der Waals surface area contributed by atoms with Gasteiger partial charge in [-0.3, -0.25) is 19.1 Å². The Morgan fingerprint density at radius 3 is 2.38 bits per heavy atom. The number of carbonyl (C=O) groups excluding carboxylic acids is 2. The standard InChI is InChI=1S/C25H28N4O2S/c1-25(2,3)20-13-11-19(12-14-20)23-26-27-24(29(23)16-18-8-5-4-6-9-18)32-17-22(31)28-15-7-10-21(28)30/h4-6,8-9,11-14H,7,10,15-17H2,1-3H3. The zero-order valence-electron chi connectivity index (χ0n) is 18.7. The number of imide groups is 1. The molecule has 32 heavy (non-hydrogen) atoms. The Bertz CT molecular complexity index is 1100. The quantitative estimate of drug-likeness (QED) is 0.518. The molecule has 6 nitrogen and oxygen atoms in total. The van der Waals surface area contributed by atoms with E-state index in [-0.39, 0.29) is 23.0 Å². The molecule has 0 bridgehead atoms. The van der Waals surface area contributed by atoms with E-state index in [1.165, 1.54) is 22.2 Å². The van der Waals surface area contributed by atoms with Gasteiger partial charge in [-0.1, -0.05) is 87.1 Å². The molecule has 1 saturated heterocycles. The van der Waals surface area contributed by atoms with Gasteiger partial charge in [-0.15, -0.1) is 10.2 Å². The molecule has 2 heterocycles. The molecule has 0 N–H and O–H groups in total. The summed E-state index contributed by atoms with van der Waals surface area (Å²) in [6, 6.07) is 18.5. The van der Waals surface area contributed by atoms with Gasteiger partial charge < -0.3 is 0 Å². The van der Waals surface area contributed by atoms with Gasteiger partial charge in [0, 0.05) is 18.5 Å². The molecule has 1 aromatic heterocycles. The molecule has 2 aromatic carbocycles. The number of likely N-dealkylation sites (tertiary alicyclic amines) is 1. The molecule has 2 amide bonds. The van der Waals surface area contributed by atoms with E-state index < -0.39 is 0 Å². The third kappa shape index (κ3) is 4.93. The summed E-state index contributed by atoms with van der Waals surface area (Å²) in [6.45, 7) is 7.69. The molecule has 0 aliphatic carbocycles. The van der Waals surface area contributed by atoms with Crippen LogP contribution in [0.2, 0.25) is 0 Å². The molecule has 4 rings (SSSR count). The minimum absolute atomic E-state index is 0.0740. The average molecular weight is 449 g/mol. The SMILES string of the molecule is CC(C)(C)c1ccc(-c2nnc(SCC(=O)N3CCCC3=O)n2Cc2ccccc2)cc1. The Balaban J connectivity index is 1.61. The Kier molecular flexibility index (Phi) is 6.46. The lowest BCUT2D eigenvalue weighted by Gasteiger charge is -2.19. The van der Waals surface area contributed by atoms with Crippen molar-refractivity contribution in [2.45, 2.75) is 50.7 Å². The van der Waals surface area contributed by atoms with Crippen molar-refractivity contribution in [3.63, 3.8) is 0 Å². The summed E-state index contributed by atoms with van der Waals surface area (Å²) in [4.78, 5) is 25.8. The van der Waals surface area contributed by atoms with Gasteiger partial charge in [0.05, 0.1) is 12.3 Å². The monoisotopic (exact) mass is 448 g/mol. The van der Waals surface area contributed by atoms with E-state index >= 15 is 0 Å². The second-order valence-electron chi connectivity index (χ2n) is 9.04. The first kappa shape index (κ1) is 22.3. The number of rotatable bonds is 6. The van der Waals surface area contributed by atoms with Gasteiger partial charge in [-0.2, -0.15) is 0 Å². The van der Waals surface area contributed by atoms with Crippen molar-refractivity contribution in [2.24, 2.45) is 0 Å². The second-order valence-corrected chi connectivity index (χ2v) is 9.98. The third-order valence-electron chi connectivity index (χ3n) is 5.61. The molecular formula is C25H28N4O2S. The smallest absolute Gasteiger partial charge is 0.239 e. The lowest BCUT2D eigenvalue weighted by molar-refractivity contribution is -0.140. The van der Waals surface area contributed by atoms with Crippen molar-refractivity contribution < 1.29 is 9.59 Å². The maximum absolute atomic E-state index is 12.5. The van der Waals surface area contributed by atoms with Crippen LogP contribution in [0.1, 0.15) is 44.7 Å². The molecule has 1 aliphatic rings. The van der Waals surface area contributed by atoms with Crippen LogP contribution in [0.15, 0.2) is 59.8 Å². The highest BCUT2D eigenvalue weighted by molar-refractivity contribution is 7.99. The summed E-state index contributed by atoms with van der Waals surface area (Å²) < 4.78 is 2.05. The molecular weight excluding hydrogens is 420 g/mol. The summed E-state index contributed by atoms with van der Waals surface area (Å²) in [7, 11) is 0. The largest absolute Gasteiger partial charge is 0.298 e. The summed E-state index contributed by atoms with van der Waals surface area (Å²) in [5, 5.41) is 9.53. The fraction of sp³-hybridized carbons (Fsp3) is 0.360. The number of benzene rings is 2. The van der Waals surface area contributed by atoms with E-state index in [0.717, 1.165) is 23.4 Å². The van der Waals surface area contributed by atoms with E-state index in [2.05, 4.69) is 67.4 Å². The summed E-state index contributed by atoms with van der Waals surface area (Å²) >= 11 is 1.33. The number of aromatic nitrogens is 3. The lowest BCUT2D eigenvalue weighted by Crippen LogP contribution is -2.33. The van der Waals surface area contributed by atoms with E-state index in [1.54, 1.807) is 0 Å². The maximum atomic E-state index is 12.5. The molecule has 0 spiro atoms. The topological polar surface area (TPSA) is 68.1 Å². The van der Waals surface area contributed by atoms with E-state index in [9.17, 15) is 9.59 Å². The van der Waals surface area contributed by atoms with E-state index in [1.807, 2.05) is 22.8 Å². The molecule has 1 aliphatic heterocycles. The van der Waals surface area contributed by atoms with Crippen LogP contribution in [0.25, 0.3) is 11.4 Å². The van der Waals surface area contributed by atoms with Gasteiger partial charge in [0.2, 0.25) is 11.8 Å². The van der Waals surface area contributed by atoms with Gasteiger partial charge in [0.1, 0.15) is 0 Å². The van der Waals surface area contributed by atoms with E-state index in [0.29, 0.717) is 24.7 Å². The predicted molar refractivity (Wildman–Crippen MR) is 126 cm³/mol. The minimum atomic E-state index is -0.164. The number of amides is 2. The number of thioether (sulfide) groups is 1. The van der Waals surface area contributed by atoms with Crippen molar-refractivity contribution in [3.05, 3.63) is 65.7 Å². The highest BCUT2D eigenvalue weighted by Crippen LogP contribution is 2.28. The number of nitrogens with zero attached hydrogens (tertiary/aromatic N) is 4. The normalized spacial score (nSPS) is 14.2. The number of hydrogen-bond acceptors (Lipinski definition) is 5. The molecule has 0 atom stereocenters. The van der Waals surface area contributed by atoms with Crippen LogP contribution in [-0.2, 0) is 21.5 Å². The predicted octanol–water partition coefficient (Wildman–Crippen LogP) is 4.53. The van der Waals surface area contributed by atoms with Crippen LogP contribution in [0, 0.1) is 0 Å². The Morgan fingerprint density at radius 1 is 1.03 bits per heavy atom. The molecule has 0 saturated carbocycles. The first-order valence-electron chi connectivity index (χ1n) is 10.9. The van der Waals surface area contributed by atoms with Crippen molar-refractivity contribution in [1.82, 2.24) is 19.7 Å². The van der Waals surface area contributed by atoms with Crippen LogP contribution < -0.4 is 0 Å². The van der Waals surface area contributed by atoms with Gasteiger partial charge >= 0.3 is 0 Å². The van der Waals surface area contributed by atoms with Gasteiger partial charge in [0.15, 0.2) is 11.0 Å². The summed E-state index contributed by atoms with van der Waals surface area (Å²) in [5.74, 6) is 0.687. The fourth-order valence-corrected chi connectivity index (χ4v) is 4.57. The molecule has 7 heteroatoms. The third-order valence-corrected chi connectivity index (χ3v) is 6.56. The Hall–Kier alpha value is -2.93. The van der Waals surface area contributed by atoms with E-state index in [4.69, 9.17) is 0 Å². The molecule has 3 aromatic rings. The first-order valence-corrected chi connectivity index (χ1v) is 11.9. The second kappa shape index (κ2) is 9.28. The van der Waals surface area contributed by atoms with Crippen LogP contribution in [-0.4, -0.2) is 43.8 Å². The zero-order chi connectivity index (χ0) is 22.7. The van der Waals surface area contributed by atoms with Gasteiger partial charge in [0.25, 0.3) is 0 Å². The van der Waals surface area contributed by atoms with Crippen LogP contribution >= 0.6 is 11.8 Å². The zero-order valence-corrected chi connectivity index (χ0v) is 19.6. The minimum Gasteiger partial charge on any atom is -0.298 e. The van der Waals surface area contributed by atoms with Gasteiger partial charge in [-0.25, -0.2) is 0 Å². The maximum Gasteiger partial charge on any atom is 0.239 e. The summed E-state index contributed by atoms with van der Waals surface area (Å²) in [6.07, 6.45) is 1.20. The summed E-state index contributed by atoms with van der Waals surface area (Å²) in [5.41, 5.74) is 3.44. The highest BCUT2D eigenvalue weighted by atomic mass is 32.2. The highest BCUT2D eigenvalue weighted by Gasteiger charge is 2.27. The fourth-order valence-electron chi connectivity index (χ4n) is 3.75. The Labute approximate surface area is 193 Å². The molecule has 0 unspecified atom stereocenters. The van der Waals surface area contributed by atoms with Crippen molar-refractivity contribution >= 4 is 23.6 Å². The number of carbonyl (C=O) groups is 2. The van der Waals surface area contributed by atoms with Crippen LogP contribution in [0.5, 0.6) is 0 Å². The molecule has 166 valence electrons. The average Bonchev–Trinajstić information content (AvgIpc) is 3.38.